The van der Waals surface area contributed by atoms with E-state index in [0.717, 1.165) is 5.56 Å². The van der Waals surface area contributed by atoms with Crippen LogP contribution in [0.5, 0.6) is 0 Å². The molecule has 3 nitrogen and oxygen atoms in total. The van der Waals surface area contributed by atoms with Crippen LogP contribution in [0.25, 0.3) is 0 Å². The molecule has 1 aliphatic rings. The molecule has 1 saturated heterocycles. The third-order valence-corrected chi connectivity index (χ3v) is 3.50. The number of ether oxygens (including phenoxy) is 1. The van der Waals surface area contributed by atoms with E-state index >= 15 is 0 Å². The Morgan fingerprint density at radius 3 is 2.18 bits per heavy atom. The number of carbonyl (C=O) groups is 2. The zero-order valence-corrected chi connectivity index (χ0v) is 10.4. The van der Waals surface area contributed by atoms with Crippen LogP contribution in [0.3, 0.4) is 0 Å². The van der Waals surface area contributed by atoms with Gasteiger partial charge in [-0.3, -0.25) is 9.59 Å². The maximum Gasteiger partial charge on any atom is 0.314 e. The molecule has 0 N–H and O–H groups in total. The average Bonchev–Trinajstić information content (AvgIpc) is 2.19. The number of cyclic esters (lactones) is 2. The third kappa shape index (κ3) is 2.23. The highest BCUT2D eigenvalue weighted by molar-refractivity contribution is 5.90. The van der Waals surface area contributed by atoms with Crippen LogP contribution in [0.15, 0.2) is 18.2 Å². The lowest BCUT2D eigenvalue weighted by atomic mass is 9.75. The Morgan fingerprint density at radius 1 is 1.06 bits per heavy atom. The highest BCUT2D eigenvalue weighted by Crippen LogP contribution is 2.35. The van der Waals surface area contributed by atoms with Crippen molar-refractivity contribution in [3.05, 3.63) is 34.9 Å². The first-order chi connectivity index (χ1) is 7.90. The second kappa shape index (κ2) is 3.99. The van der Waals surface area contributed by atoms with Crippen molar-refractivity contribution >= 4 is 11.9 Å². The van der Waals surface area contributed by atoms with Crippen molar-refractivity contribution in [2.24, 2.45) is 0 Å². The predicted octanol–water partition coefficient (Wildman–Crippen LogP) is 2.42. The molecule has 1 heterocycles. The van der Waals surface area contributed by atoms with E-state index < -0.39 is 17.4 Å². The minimum atomic E-state index is -0.429. The number of carbonyl (C=O) groups excluding carboxylic acids is 2. The standard InChI is InChI=1S/C14H16O3/c1-9-4-5-11(6-10(9)2)14(3)7-12(15)17-13(16)8-14/h4-6H,7-8H2,1-3H3. The molecule has 3 heteroatoms. The largest absolute Gasteiger partial charge is 0.393 e. The van der Waals surface area contributed by atoms with Crippen LogP contribution in [0.1, 0.15) is 36.5 Å². The van der Waals surface area contributed by atoms with Gasteiger partial charge in [0.05, 0.1) is 12.8 Å². The molecule has 1 aromatic rings. The van der Waals surface area contributed by atoms with E-state index in [-0.39, 0.29) is 12.8 Å². The van der Waals surface area contributed by atoms with Gasteiger partial charge in [0.1, 0.15) is 0 Å². The quantitative estimate of drug-likeness (QED) is 0.551. The first-order valence-electron chi connectivity index (χ1n) is 5.72. The summed E-state index contributed by atoms with van der Waals surface area (Å²) in [5.74, 6) is -0.857. The molecule has 0 unspecified atom stereocenters. The Labute approximate surface area is 101 Å². The summed E-state index contributed by atoms with van der Waals surface area (Å²) in [4.78, 5) is 22.7. The second-order valence-corrected chi connectivity index (χ2v) is 5.06. The van der Waals surface area contributed by atoms with Gasteiger partial charge in [-0.1, -0.05) is 25.1 Å². The van der Waals surface area contributed by atoms with E-state index in [1.807, 2.05) is 32.9 Å². The molecule has 1 aliphatic heterocycles. The van der Waals surface area contributed by atoms with E-state index in [1.54, 1.807) is 0 Å². The van der Waals surface area contributed by atoms with Crippen molar-refractivity contribution in [3.8, 4) is 0 Å². The van der Waals surface area contributed by atoms with E-state index in [2.05, 4.69) is 10.8 Å². The summed E-state index contributed by atoms with van der Waals surface area (Å²) in [6.45, 7) is 6.02. The molecule has 1 fully saturated rings. The molecule has 0 bridgehead atoms. The zero-order chi connectivity index (χ0) is 12.6. The van der Waals surface area contributed by atoms with E-state index in [0.29, 0.717) is 0 Å². The lowest BCUT2D eigenvalue weighted by Gasteiger charge is -2.32. The first kappa shape index (κ1) is 11.8. The van der Waals surface area contributed by atoms with Crippen LogP contribution in [0.4, 0.5) is 0 Å². The predicted molar refractivity (Wildman–Crippen MR) is 63.6 cm³/mol. The van der Waals surface area contributed by atoms with Gasteiger partial charge in [0, 0.05) is 5.41 Å². The van der Waals surface area contributed by atoms with Crippen LogP contribution in [0, 0.1) is 13.8 Å². The number of rotatable bonds is 1. The smallest absolute Gasteiger partial charge is 0.314 e. The van der Waals surface area contributed by atoms with Crippen LogP contribution in [-0.2, 0) is 19.7 Å². The van der Waals surface area contributed by atoms with Gasteiger partial charge >= 0.3 is 11.9 Å². The lowest BCUT2D eigenvalue weighted by molar-refractivity contribution is -0.166. The second-order valence-electron chi connectivity index (χ2n) is 5.06. The molecule has 2 rings (SSSR count). The van der Waals surface area contributed by atoms with Crippen molar-refractivity contribution < 1.29 is 14.3 Å². The molecule has 90 valence electrons. The molecule has 1 aromatic carbocycles. The van der Waals surface area contributed by atoms with Gasteiger partial charge in [-0.25, -0.2) is 0 Å². The van der Waals surface area contributed by atoms with Gasteiger partial charge in [0.2, 0.25) is 0 Å². The van der Waals surface area contributed by atoms with Crippen molar-refractivity contribution in [3.63, 3.8) is 0 Å². The molecule has 0 spiro atoms. The van der Waals surface area contributed by atoms with Gasteiger partial charge in [-0.05, 0) is 30.5 Å². The fourth-order valence-corrected chi connectivity index (χ4v) is 2.22. The number of aryl methyl sites for hydroxylation is 2. The van der Waals surface area contributed by atoms with Gasteiger partial charge in [-0.2, -0.15) is 0 Å². The molecular formula is C14H16O3. The molecule has 0 saturated carbocycles. The highest BCUT2D eigenvalue weighted by Gasteiger charge is 2.38. The summed E-state index contributed by atoms with van der Waals surface area (Å²) in [6.07, 6.45) is 0.530. The Morgan fingerprint density at radius 2 is 1.65 bits per heavy atom. The normalized spacial score (nSPS) is 19.0. The maximum atomic E-state index is 11.4. The molecular weight excluding hydrogens is 216 g/mol. The summed E-state index contributed by atoms with van der Waals surface area (Å²) >= 11 is 0. The zero-order valence-electron chi connectivity index (χ0n) is 10.4. The van der Waals surface area contributed by atoms with Crippen LogP contribution in [0.2, 0.25) is 0 Å². The molecule has 0 amide bonds. The van der Waals surface area contributed by atoms with Gasteiger partial charge in [-0.15, -0.1) is 0 Å². The van der Waals surface area contributed by atoms with E-state index in [9.17, 15) is 9.59 Å². The van der Waals surface area contributed by atoms with Crippen LogP contribution in [-0.4, -0.2) is 11.9 Å². The first-order valence-corrected chi connectivity index (χ1v) is 5.72. The molecule has 0 atom stereocenters. The summed E-state index contributed by atoms with van der Waals surface area (Å²) in [5.41, 5.74) is 2.99. The molecule has 0 aromatic heterocycles. The van der Waals surface area contributed by atoms with Crippen molar-refractivity contribution in [2.45, 2.75) is 39.0 Å². The third-order valence-electron chi connectivity index (χ3n) is 3.50. The van der Waals surface area contributed by atoms with Crippen LogP contribution >= 0.6 is 0 Å². The SMILES string of the molecule is Cc1ccc(C2(C)CC(=O)OC(=O)C2)cc1C. The fourth-order valence-electron chi connectivity index (χ4n) is 2.22. The lowest BCUT2D eigenvalue weighted by Crippen LogP contribution is -2.36. The number of benzene rings is 1. The van der Waals surface area contributed by atoms with Crippen LogP contribution < -0.4 is 0 Å². The van der Waals surface area contributed by atoms with Gasteiger partial charge in [0.25, 0.3) is 0 Å². The topological polar surface area (TPSA) is 43.4 Å². The number of hydrogen-bond acceptors (Lipinski definition) is 3. The molecule has 17 heavy (non-hydrogen) atoms. The van der Waals surface area contributed by atoms with Crippen molar-refractivity contribution in [1.29, 1.82) is 0 Å². The number of hydrogen-bond donors (Lipinski definition) is 0. The highest BCUT2D eigenvalue weighted by atomic mass is 16.6. The van der Waals surface area contributed by atoms with Crippen molar-refractivity contribution in [1.82, 2.24) is 0 Å². The van der Waals surface area contributed by atoms with Gasteiger partial charge in [0.15, 0.2) is 0 Å². The minimum Gasteiger partial charge on any atom is -0.393 e. The number of esters is 2. The van der Waals surface area contributed by atoms with Gasteiger partial charge < -0.3 is 4.74 Å². The Hall–Kier alpha value is -1.64. The minimum absolute atomic E-state index is 0.265. The van der Waals surface area contributed by atoms with E-state index in [1.165, 1.54) is 11.1 Å². The summed E-state index contributed by atoms with van der Waals surface area (Å²) in [6, 6.07) is 6.08. The maximum absolute atomic E-state index is 11.4. The van der Waals surface area contributed by atoms with E-state index in [4.69, 9.17) is 0 Å². The summed E-state index contributed by atoms with van der Waals surface area (Å²) in [7, 11) is 0. The Kier molecular flexibility index (Phi) is 2.77. The Bertz CT molecular complexity index is 472. The average molecular weight is 232 g/mol. The summed E-state index contributed by atoms with van der Waals surface area (Å²) < 4.78 is 4.58. The molecule has 0 radical (unpaired) electrons. The Balaban J connectivity index is 2.39. The molecule has 0 aliphatic carbocycles. The fraction of sp³-hybridized carbons (Fsp3) is 0.429. The monoisotopic (exact) mass is 232 g/mol. The summed E-state index contributed by atoms with van der Waals surface area (Å²) in [5, 5.41) is 0. The van der Waals surface area contributed by atoms with Crippen molar-refractivity contribution in [2.75, 3.05) is 0 Å².